The van der Waals surface area contributed by atoms with Crippen LogP contribution in [0.2, 0.25) is 0 Å². The summed E-state index contributed by atoms with van der Waals surface area (Å²) in [7, 11) is 3.75. The number of pyridine rings is 1. The third-order valence-corrected chi connectivity index (χ3v) is 6.45. The van der Waals surface area contributed by atoms with Gasteiger partial charge >= 0.3 is 0 Å². The quantitative estimate of drug-likeness (QED) is 0.256. The molecule has 0 spiro atoms. The number of ether oxygens (including phenoxy) is 1. The number of halogens is 2. The molecule has 2 aromatic heterocycles. The SMILES string of the molecule is CC.CNC.Nc1nccc(Oc2ccc(NC(=O)c3ccnn(-c4ccc(F)cc4)c3=O)cc2F)c1CN1CCCCC1. The van der Waals surface area contributed by atoms with Crippen molar-refractivity contribution in [2.45, 2.75) is 39.7 Å². The molecule has 10 nitrogen and oxygen atoms in total. The molecule has 1 amide bonds. The van der Waals surface area contributed by atoms with Crippen LogP contribution in [0.4, 0.5) is 20.3 Å². The predicted molar refractivity (Wildman–Crippen MR) is 168 cm³/mol. The Morgan fingerprint density at radius 2 is 1.64 bits per heavy atom. The van der Waals surface area contributed by atoms with E-state index >= 15 is 4.39 Å². The summed E-state index contributed by atoms with van der Waals surface area (Å²) in [6.45, 7) is 6.44. The second kappa shape index (κ2) is 16.8. The standard InChI is InChI=1S/C28H26F2N6O3.C2H7N.C2H6/c29-18-4-7-20(8-5-18)36-28(38)21(10-13-33-36)27(37)34-19-6-9-25(23(30)16-19)39-24-11-12-32-26(31)22(24)17-35-14-2-1-3-15-35;1-3-2;1-2/h4-13,16H,1-3,14-15,17H2,(H2,31,32)(H,34,37);3H,1-2H3;1-2H3. The summed E-state index contributed by atoms with van der Waals surface area (Å²) in [5, 5.41) is 9.22. The molecular formula is C32H39F2N7O3. The lowest BCUT2D eigenvalue weighted by Crippen LogP contribution is -2.29. The zero-order chi connectivity index (χ0) is 32.1. The second-order valence-corrected chi connectivity index (χ2v) is 9.65. The lowest BCUT2D eigenvalue weighted by molar-refractivity contribution is 0.102. The van der Waals surface area contributed by atoms with Gasteiger partial charge in [-0.3, -0.25) is 14.5 Å². The van der Waals surface area contributed by atoms with Crippen molar-refractivity contribution in [3.63, 3.8) is 0 Å². The van der Waals surface area contributed by atoms with Gasteiger partial charge in [-0.1, -0.05) is 20.3 Å². The van der Waals surface area contributed by atoms with E-state index in [2.05, 4.69) is 25.6 Å². The van der Waals surface area contributed by atoms with Crippen LogP contribution < -0.4 is 26.7 Å². The molecule has 0 atom stereocenters. The number of nitrogens with one attached hydrogen (secondary N) is 2. The van der Waals surface area contributed by atoms with Crippen molar-refractivity contribution in [1.82, 2.24) is 25.0 Å². The summed E-state index contributed by atoms with van der Waals surface area (Å²) < 4.78 is 35.1. The first-order valence-electron chi connectivity index (χ1n) is 14.5. The van der Waals surface area contributed by atoms with Gasteiger partial charge in [0, 0.05) is 30.7 Å². The minimum atomic E-state index is -0.753. The molecule has 0 saturated carbocycles. The Hall–Kier alpha value is -4.68. The van der Waals surface area contributed by atoms with Crippen molar-refractivity contribution in [1.29, 1.82) is 0 Å². The van der Waals surface area contributed by atoms with Crippen molar-refractivity contribution in [2.75, 3.05) is 38.2 Å². The number of hydrogen-bond donors (Lipinski definition) is 3. The van der Waals surface area contributed by atoms with Gasteiger partial charge in [0.1, 0.15) is 22.9 Å². The van der Waals surface area contributed by atoms with Gasteiger partial charge < -0.3 is 21.1 Å². The molecule has 1 aliphatic heterocycles. The van der Waals surface area contributed by atoms with Crippen molar-refractivity contribution in [3.05, 3.63) is 100 Å². The number of aromatic nitrogens is 3. The minimum Gasteiger partial charge on any atom is -0.454 e. The van der Waals surface area contributed by atoms with E-state index in [1.54, 1.807) is 6.07 Å². The third-order valence-electron chi connectivity index (χ3n) is 6.45. The van der Waals surface area contributed by atoms with Gasteiger partial charge in [0.05, 0.1) is 11.3 Å². The molecular weight excluding hydrogens is 568 g/mol. The van der Waals surface area contributed by atoms with E-state index in [-0.39, 0.29) is 17.0 Å². The van der Waals surface area contributed by atoms with Crippen LogP contribution in [0.1, 0.15) is 49.0 Å². The molecule has 0 unspecified atom stereocenters. The minimum absolute atomic E-state index is 0.0546. The Kier molecular flexibility index (Phi) is 12.9. The van der Waals surface area contributed by atoms with Crippen LogP contribution in [-0.4, -0.2) is 52.8 Å². The smallest absolute Gasteiger partial charge is 0.284 e. The molecule has 12 heteroatoms. The van der Waals surface area contributed by atoms with Crippen LogP contribution in [-0.2, 0) is 6.54 Å². The lowest BCUT2D eigenvalue weighted by atomic mass is 10.1. The number of nitrogen functional groups attached to an aromatic ring is 1. The first-order chi connectivity index (χ1) is 21.3. The lowest BCUT2D eigenvalue weighted by Gasteiger charge is -2.27. The number of likely N-dealkylation sites (tertiary alicyclic amines) is 1. The highest BCUT2D eigenvalue weighted by atomic mass is 19.1. The highest BCUT2D eigenvalue weighted by Crippen LogP contribution is 2.32. The third kappa shape index (κ3) is 8.91. The molecule has 1 aliphatic rings. The zero-order valence-corrected chi connectivity index (χ0v) is 25.4. The molecule has 1 saturated heterocycles. The number of nitrogens with two attached hydrogens (primary N) is 1. The maximum atomic E-state index is 15.0. The first kappa shape index (κ1) is 33.8. The van der Waals surface area contributed by atoms with Crippen LogP contribution in [0.25, 0.3) is 5.69 Å². The first-order valence-corrected chi connectivity index (χ1v) is 14.5. The normalized spacial score (nSPS) is 12.7. The summed E-state index contributed by atoms with van der Waals surface area (Å²) in [6, 6.07) is 11.9. The molecule has 5 rings (SSSR count). The van der Waals surface area contributed by atoms with Crippen molar-refractivity contribution >= 4 is 17.4 Å². The zero-order valence-electron chi connectivity index (χ0n) is 25.4. The van der Waals surface area contributed by atoms with Crippen LogP contribution in [0.5, 0.6) is 11.5 Å². The van der Waals surface area contributed by atoms with E-state index in [4.69, 9.17) is 10.5 Å². The number of amides is 1. The number of rotatable bonds is 7. The fraction of sp³-hybridized carbons (Fsp3) is 0.312. The Morgan fingerprint density at radius 3 is 2.30 bits per heavy atom. The molecule has 4 N–H and O–H groups in total. The second-order valence-electron chi connectivity index (χ2n) is 9.65. The maximum Gasteiger partial charge on any atom is 0.284 e. The summed E-state index contributed by atoms with van der Waals surface area (Å²) in [5.74, 6) is -1.27. The van der Waals surface area contributed by atoms with Crippen LogP contribution in [0.3, 0.4) is 0 Å². The summed E-state index contributed by atoms with van der Waals surface area (Å²) in [4.78, 5) is 32.1. The molecule has 44 heavy (non-hydrogen) atoms. The molecule has 4 aromatic rings. The van der Waals surface area contributed by atoms with Gasteiger partial charge in [-0.15, -0.1) is 0 Å². The van der Waals surface area contributed by atoms with E-state index < -0.39 is 23.1 Å². The molecule has 0 radical (unpaired) electrons. The summed E-state index contributed by atoms with van der Waals surface area (Å²) >= 11 is 0. The Morgan fingerprint density at radius 1 is 0.955 bits per heavy atom. The van der Waals surface area contributed by atoms with E-state index in [1.807, 2.05) is 27.9 Å². The Labute approximate surface area is 255 Å². The molecule has 234 valence electrons. The average Bonchev–Trinajstić information content (AvgIpc) is 3.02. The number of hydrogen-bond acceptors (Lipinski definition) is 8. The van der Waals surface area contributed by atoms with Gasteiger partial charge in [0.15, 0.2) is 11.6 Å². The van der Waals surface area contributed by atoms with Crippen LogP contribution in [0, 0.1) is 11.6 Å². The summed E-state index contributed by atoms with van der Waals surface area (Å²) in [6.07, 6.45) is 6.20. The fourth-order valence-electron chi connectivity index (χ4n) is 4.42. The summed E-state index contributed by atoms with van der Waals surface area (Å²) in [5.41, 5.74) is 6.30. The van der Waals surface area contributed by atoms with Gasteiger partial charge in [-0.25, -0.2) is 13.8 Å². The molecule has 2 aromatic carbocycles. The highest BCUT2D eigenvalue weighted by molar-refractivity contribution is 6.04. The van der Waals surface area contributed by atoms with Crippen molar-refractivity contribution < 1.29 is 18.3 Å². The van der Waals surface area contributed by atoms with Gasteiger partial charge in [0.2, 0.25) is 0 Å². The fourth-order valence-corrected chi connectivity index (χ4v) is 4.42. The van der Waals surface area contributed by atoms with E-state index in [9.17, 15) is 14.0 Å². The van der Waals surface area contributed by atoms with E-state index in [0.29, 0.717) is 29.4 Å². The van der Waals surface area contributed by atoms with Crippen molar-refractivity contribution in [3.8, 4) is 17.2 Å². The van der Waals surface area contributed by atoms with Crippen LogP contribution in [0.15, 0.2) is 71.8 Å². The number of carbonyl (C=O) groups is 1. The predicted octanol–water partition coefficient (Wildman–Crippen LogP) is 5.38. The molecule has 3 heterocycles. The number of piperidine rings is 1. The highest BCUT2D eigenvalue weighted by Gasteiger charge is 2.19. The monoisotopic (exact) mass is 607 g/mol. The largest absolute Gasteiger partial charge is 0.454 e. The molecule has 0 aliphatic carbocycles. The maximum absolute atomic E-state index is 15.0. The molecule has 0 bridgehead atoms. The van der Waals surface area contributed by atoms with E-state index in [0.717, 1.165) is 36.7 Å². The molecule has 1 fully saturated rings. The van der Waals surface area contributed by atoms with Gasteiger partial charge in [0.25, 0.3) is 11.5 Å². The Balaban J connectivity index is 0.000000997. The van der Waals surface area contributed by atoms with Crippen molar-refractivity contribution in [2.24, 2.45) is 0 Å². The number of carbonyl (C=O) groups excluding carboxylic acids is 1. The number of anilines is 2. The van der Waals surface area contributed by atoms with Gasteiger partial charge in [-0.2, -0.15) is 9.78 Å². The average molecular weight is 608 g/mol. The number of benzene rings is 2. The topological polar surface area (TPSA) is 127 Å². The van der Waals surface area contributed by atoms with Crippen LogP contribution >= 0.6 is 0 Å². The Bertz CT molecular complexity index is 1570. The van der Waals surface area contributed by atoms with E-state index in [1.165, 1.54) is 61.3 Å². The number of nitrogens with zero attached hydrogens (tertiary/aromatic N) is 4. The van der Waals surface area contributed by atoms with Gasteiger partial charge in [-0.05, 0) is 88.6 Å².